The zero-order valence-electron chi connectivity index (χ0n) is 13.3. The van der Waals surface area contributed by atoms with E-state index in [4.69, 9.17) is 0 Å². The highest BCUT2D eigenvalue weighted by Gasteiger charge is 2.30. The number of rotatable bonds is 7. The molecule has 0 aliphatic heterocycles. The number of hydrogen-bond acceptors (Lipinski definition) is 1. The first-order chi connectivity index (χ1) is 8.60. The van der Waals surface area contributed by atoms with Gasteiger partial charge in [0.2, 0.25) is 0 Å². The Labute approximate surface area is 115 Å². The van der Waals surface area contributed by atoms with Gasteiger partial charge in [0.25, 0.3) is 0 Å². The highest BCUT2D eigenvalue weighted by atomic mass is 14.9. The number of nitrogens with one attached hydrogen (secondary N) is 1. The van der Waals surface area contributed by atoms with E-state index in [0.29, 0.717) is 0 Å². The molecule has 18 heavy (non-hydrogen) atoms. The molecular formula is C17H35N. The fraction of sp³-hybridized carbons (Fsp3) is 1.00. The van der Waals surface area contributed by atoms with Crippen LogP contribution >= 0.6 is 0 Å². The van der Waals surface area contributed by atoms with Crippen molar-refractivity contribution in [1.29, 1.82) is 0 Å². The minimum Gasteiger partial charge on any atom is -0.314 e. The molecule has 1 heteroatoms. The molecule has 0 aromatic heterocycles. The standard InChI is InChI=1S/C17H35N/c1-6-8-14(5)17(18-7-2)16-11-9-15(10-12-16)13(3)4/h13-18H,6-12H2,1-5H3. The first kappa shape index (κ1) is 16.0. The van der Waals surface area contributed by atoms with Gasteiger partial charge in [-0.15, -0.1) is 0 Å². The molecule has 108 valence electrons. The van der Waals surface area contributed by atoms with Crippen LogP contribution in [0.2, 0.25) is 0 Å². The smallest absolute Gasteiger partial charge is 0.0121 e. The second-order valence-corrected chi connectivity index (χ2v) is 6.77. The summed E-state index contributed by atoms with van der Waals surface area (Å²) in [6.45, 7) is 12.9. The lowest BCUT2D eigenvalue weighted by Crippen LogP contribution is -2.43. The second-order valence-electron chi connectivity index (χ2n) is 6.77. The molecule has 1 aliphatic carbocycles. The lowest BCUT2D eigenvalue weighted by Gasteiger charge is -2.38. The second kappa shape index (κ2) is 8.19. The lowest BCUT2D eigenvalue weighted by molar-refractivity contribution is 0.159. The molecule has 1 nitrogen and oxygen atoms in total. The van der Waals surface area contributed by atoms with Crippen LogP contribution in [0.5, 0.6) is 0 Å². The van der Waals surface area contributed by atoms with Crippen molar-refractivity contribution >= 4 is 0 Å². The quantitative estimate of drug-likeness (QED) is 0.683. The zero-order chi connectivity index (χ0) is 13.5. The van der Waals surface area contributed by atoms with Crippen molar-refractivity contribution in [3.63, 3.8) is 0 Å². The maximum absolute atomic E-state index is 3.78. The first-order valence-electron chi connectivity index (χ1n) is 8.33. The fourth-order valence-corrected chi connectivity index (χ4v) is 3.87. The van der Waals surface area contributed by atoms with Crippen molar-refractivity contribution in [2.24, 2.45) is 23.7 Å². The highest BCUT2D eigenvalue weighted by molar-refractivity contribution is 4.85. The molecule has 1 fully saturated rings. The van der Waals surface area contributed by atoms with Gasteiger partial charge in [-0.25, -0.2) is 0 Å². The van der Waals surface area contributed by atoms with Crippen molar-refractivity contribution in [3.05, 3.63) is 0 Å². The summed E-state index contributed by atoms with van der Waals surface area (Å²) in [6.07, 6.45) is 8.53. The van der Waals surface area contributed by atoms with Crippen LogP contribution in [0.25, 0.3) is 0 Å². The largest absolute Gasteiger partial charge is 0.314 e. The molecule has 0 amide bonds. The van der Waals surface area contributed by atoms with Gasteiger partial charge in [0.15, 0.2) is 0 Å². The molecule has 0 radical (unpaired) electrons. The fourth-order valence-electron chi connectivity index (χ4n) is 3.87. The van der Waals surface area contributed by atoms with Crippen molar-refractivity contribution in [2.75, 3.05) is 6.54 Å². The molecule has 0 bridgehead atoms. The summed E-state index contributed by atoms with van der Waals surface area (Å²) in [5, 5.41) is 3.78. The predicted molar refractivity (Wildman–Crippen MR) is 81.8 cm³/mol. The molecule has 0 aromatic carbocycles. The Bertz CT molecular complexity index is 204. The van der Waals surface area contributed by atoms with Gasteiger partial charge in [0.1, 0.15) is 0 Å². The van der Waals surface area contributed by atoms with E-state index in [1.165, 1.54) is 38.5 Å². The average Bonchev–Trinajstić information content (AvgIpc) is 2.36. The minimum absolute atomic E-state index is 0.767. The van der Waals surface area contributed by atoms with Gasteiger partial charge in [-0.2, -0.15) is 0 Å². The van der Waals surface area contributed by atoms with Crippen LogP contribution in [0.1, 0.15) is 73.1 Å². The molecule has 1 saturated carbocycles. The van der Waals surface area contributed by atoms with Crippen LogP contribution in [0.15, 0.2) is 0 Å². The van der Waals surface area contributed by atoms with E-state index in [9.17, 15) is 0 Å². The summed E-state index contributed by atoms with van der Waals surface area (Å²) in [5.41, 5.74) is 0. The van der Waals surface area contributed by atoms with Gasteiger partial charge < -0.3 is 5.32 Å². The third-order valence-corrected chi connectivity index (χ3v) is 5.06. The van der Waals surface area contributed by atoms with E-state index in [2.05, 4.69) is 39.9 Å². The van der Waals surface area contributed by atoms with E-state index in [1.54, 1.807) is 0 Å². The Kier molecular flexibility index (Phi) is 7.29. The Balaban J connectivity index is 2.49. The third-order valence-electron chi connectivity index (χ3n) is 5.06. The van der Waals surface area contributed by atoms with Crippen molar-refractivity contribution in [1.82, 2.24) is 5.32 Å². The van der Waals surface area contributed by atoms with E-state index >= 15 is 0 Å². The van der Waals surface area contributed by atoms with Gasteiger partial charge >= 0.3 is 0 Å². The first-order valence-corrected chi connectivity index (χ1v) is 8.33. The van der Waals surface area contributed by atoms with Gasteiger partial charge in [0.05, 0.1) is 0 Å². The van der Waals surface area contributed by atoms with Crippen molar-refractivity contribution in [3.8, 4) is 0 Å². The molecule has 0 spiro atoms. The van der Waals surface area contributed by atoms with Gasteiger partial charge in [-0.05, 0) is 62.3 Å². The molecule has 1 aliphatic rings. The molecule has 0 aromatic rings. The van der Waals surface area contributed by atoms with Gasteiger partial charge in [-0.3, -0.25) is 0 Å². The van der Waals surface area contributed by atoms with Crippen LogP contribution in [0, 0.1) is 23.7 Å². The summed E-state index contributed by atoms with van der Waals surface area (Å²) in [4.78, 5) is 0. The van der Waals surface area contributed by atoms with Gasteiger partial charge in [-0.1, -0.05) is 41.0 Å². The lowest BCUT2D eigenvalue weighted by atomic mass is 9.72. The molecule has 2 unspecified atom stereocenters. The monoisotopic (exact) mass is 253 g/mol. The van der Waals surface area contributed by atoms with Crippen LogP contribution in [-0.2, 0) is 0 Å². The Morgan fingerprint density at radius 1 is 0.944 bits per heavy atom. The van der Waals surface area contributed by atoms with Gasteiger partial charge in [0, 0.05) is 6.04 Å². The molecule has 2 atom stereocenters. The minimum atomic E-state index is 0.767. The van der Waals surface area contributed by atoms with Crippen LogP contribution in [0.4, 0.5) is 0 Å². The van der Waals surface area contributed by atoms with Crippen molar-refractivity contribution < 1.29 is 0 Å². The van der Waals surface area contributed by atoms with E-state index < -0.39 is 0 Å². The van der Waals surface area contributed by atoms with E-state index in [-0.39, 0.29) is 0 Å². The maximum Gasteiger partial charge on any atom is 0.0121 e. The topological polar surface area (TPSA) is 12.0 Å². The molecule has 1 rings (SSSR count). The van der Waals surface area contributed by atoms with E-state index in [1.807, 2.05) is 0 Å². The van der Waals surface area contributed by atoms with Crippen LogP contribution in [0.3, 0.4) is 0 Å². The third kappa shape index (κ3) is 4.57. The van der Waals surface area contributed by atoms with Crippen LogP contribution in [-0.4, -0.2) is 12.6 Å². The Morgan fingerprint density at radius 3 is 1.94 bits per heavy atom. The molecule has 0 saturated heterocycles. The summed E-state index contributed by atoms with van der Waals surface area (Å²) < 4.78 is 0. The predicted octanol–water partition coefficient (Wildman–Crippen LogP) is 4.86. The number of hydrogen-bond donors (Lipinski definition) is 1. The molecule has 0 heterocycles. The zero-order valence-corrected chi connectivity index (χ0v) is 13.3. The van der Waals surface area contributed by atoms with E-state index in [0.717, 1.165) is 36.3 Å². The Morgan fingerprint density at radius 2 is 1.50 bits per heavy atom. The summed E-state index contributed by atoms with van der Waals surface area (Å²) in [5.74, 6) is 3.65. The summed E-state index contributed by atoms with van der Waals surface area (Å²) in [7, 11) is 0. The van der Waals surface area contributed by atoms with Crippen LogP contribution < -0.4 is 5.32 Å². The average molecular weight is 253 g/mol. The van der Waals surface area contributed by atoms with Crippen molar-refractivity contribution in [2.45, 2.75) is 79.2 Å². The summed E-state index contributed by atoms with van der Waals surface area (Å²) in [6, 6.07) is 0.767. The SMILES string of the molecule is CCCC(C)C(NCC)C1CCC(C(C)C)CC1. The normalized spacial score (nSPS) is 28.3. The maximum atomic E-state index is 3.78. The highest BCUT2D eigenvalue weighted by Crippen LogP contribution is 2.36. The molecule has 1 N–H and O–H groups in total. The molecular weight excluding hydrogens is 218 g/mol. The Hall–Kier alpha value is -0.0400. The summed E-state index contributed by atoms with van der Waals surface area (Å²) >= 11 is 0.